The van der Waals surface area contributed by atoms with E-state index in [0.29, 0.717) is 21.6 Å². The second-order valence-electron chi connectivity index (χ2n) is 3.71. The number of benzene rings is 1. The second kappa shape index (κ2) is 5.95. The van der Waals surface area contributed by atoms with Gasteiger partial charge in [-0.15, -0.1) is 0 Å². The summed E-state index contributed by atoms with van der Waals surface area (Å²) in [4.78, 5) is 11.8. The quantitative estimate of drug-likeness (QED) is 0.940. The lowest BCUT2D eigenvalue weighted by atomic mass is 10.3. The van der Waals surface area contributed by atoms with Gasteiger partial charge in [-0.1, -0.05) is 28.4 Å². The van der Waals surface area contributed by atoms with Gasteiger partial charge in [0.25, 0.3) is 5.91 Å². The maximum Gasteiger partial charge on any atom is 0.266 e. The van der Waals surface area contributed by atoms with E-state index in [9.17, 15) is 4.79 Å². The molecule has 0 fully saturated rings. The molecule has 1 unspecified atom stereocenters. The zero-order valence-electron chi connectivity index (χ0n) is 9.89. The van der Waals surface area contributed by atoms with Gasteiger partial charge in [0.15, 0.2) is 11.9 Å². The van der Waals surface area contributed by atoms with E-state index in [2.05, 4.69) is 15.0 Å². The molecular formula is C12H10Cl2N2O3. The zero-order chi connectivity index (χ0) is 13.8. The van der Waals surface area contributed by atoms with Crippen LogP contribution < -0.4 is 10.1 Å². The van der Waals surface area contributed by atoms with Crippen molar-refractivity contribution in [2.45, 2.75) is 13.0 Å². The summed E-state index contributed by atoms with van der Waals surface area (Å²) >= 11 is 11.7. The van der Waals surface area contributed by atoms with Gasteiger partial charge in [0.1, 0.15) is 12.0 Å². The Balaban J connectivity index is 2.00. The average molecular weight is 301 g/mol. The Bertz CT molecular complexity index is 572. The number of anilines is 1. The van der Waals surface area contributed by atoms with E-state index >= 15 is 0 Å². The van der Waals surface area contributed by atoms with E-state index in [1.807, 2.05) is 0 Å². The highest BCUT2D eigenvalue weighted by atomic mass is 35.5. The van der Waals surface area contributed by atoms with Gasteiger partial charge < -0.3 is 14.6 Å². The van der Waals surface area contributed by atoms with Crippen LogP contribution in [0.25, 0.3) is 0 Å². The first kappa shape index (κ1) is 13.7. The van der Waals surface area contributed by atoms with Gasteiger partial charge in [0.05, 0.1) is 5.02 Å². The zero-order valence-corrected chi connectivity index (χ0v) is 11.4. The predicted octanol–water partition coefficient (Wildman–Crippen LogP) is 3.39. The first-order chi connectivity index (χ1) is 9.06. The van der Waals surface area contributed by atoms with Crippen molar-refractivity contribution in [3.05, 3.63) is 40.6 Å². The molecule has 0 aliphatic carbocycles. The average Bonchev–Trinajstić information content (AvgIpc) is 2.85. The summed E-state index contributed by atoms with van der Waals surface area (Å²) in [7, 11) is 0. The van der Waals surface area contributed by atoms with Gasteiger partial charge in [-0.2, -0.15) is 0 Å². The van der Waals surface area contributed by atoms with Gasteiger partial charge in [0.2, 0.25) is 0 Å². The topological polar surface area (TPSA) is 64.4 Å². The Hall–Kier alpha value is -1.72. The van der Waals surface area contributed by atoms with E-state index in [4.69, 9.17) is 27.9 Å². The summed E-state index contributed by atoms with van der Waals surface area (Å²) in [6.45, 7) is 1.60. The summed E-state index contributed by atoms with van der Waals surface area (Å²) in [5.74, 6) is 0.344. The Morgan fingerprint density at radius 1 is 1.42 bits per heavy atom. The molecule has 0 aliphatic rings. The van der Waals surface area contributed by atoms with Crippen molar-refractivity contribution >= 4 is 34.9 Å². The van der Waals surface area contributed by atoms with Crippen LogP contribution in [0.4, 0.5) is 5.82 Å². The summed E-state index contributed by atoms with van der Waals surface area (Å²) < 4.78 is 10.1. The molecule has 100 valence electrons. The Labute approximate surface area is 119 Å². The number of halogens is 2. The third-order valence-corrected chi connectivity index (χ3v) is 2.79. The Morgan fingerprint density at radius 3 is 2.84 bits per heavy atom. The second-order valence-corrected chi connectivity index (χ2v) is 4.55. The van der Waals surface area contributed by atoms with Crippen molar-refractivity contribution in [1.82, 2.24) is 5.16 Å². The number of nitrogens with zero attached hydrogens (tertiary/aromatic N) is 1. The molecule has 0 saturated carbocycles. The van der Waals surface area contributed by atoms with E-state index in [-0.39, 0.29) is 5.91 Å². The molecule has 1 atom stereocenters. The van der Waals surface area contributed by atoms with Crippen LogP contribution in [0.2, 0.25) is 10.0 Å². The third-order valence-electron chi connectivity index (χ3n) is 2.26. The predicted molar refractivity (Wildman–Crippen MR) is 71.7 cm³/mol. The van der Waals surface area contributed by atoms with Crippen LogP contribution in [-0.2, 0) is 4.79 Å². The highest BCUT2D eigenvalue weighted by Gasteiger charge is 2.17. The number of carbonyl (C=O) groups excluding carboxylic acids is 1. The van der Waals surface area contributed by atoms with Crippen LogP contribution in [0.1, 0.15) is 6.92 Å². The van der Waals surface area contributed by atoms with E-state index in [1.54, 1.807) is 25.1 Å². The first-order valence-electron chi connectivity index (χ1n) is 5.39. The molecule has 5 nitrogen and oxygen atoms in total. The highest BCUT2D eigenvalue weighted by molar-refractivity contribution is 6.35. The van der Waals surface area contributed by atoms with Crippen LogP contribution in [0, 0.1) is 0 Å². The molecule has 0 radical (unpaired) electrons. The minimum Gasteiger partial charge on any atom is -0.479 e. The van der Waals surface area contributed by atoms with E-state index < -0.39 is 6.10 Å². The number of rotatable bonds is 4. The van der Waals surface area contributed by atoms with Crippen molar-refractivity contribution in [2.75, 3.05) is 5.32 Å². The highest BCUT2D eigenvalue weighted by Crippen LogP contribution is 2.28. The van der Waals surface area contributed by atoms with E-state index in [1.165, 1.54) is 12.3 Å². The summed E-state index contributed by atoms with van der Waals surface area (Å²) in [5.41, 5.74) is 0. The fourth-order valence-corrected chi connectivity index (χ4v) is 1.77. The maximum absolute atomic E-state index is 11.8. The van der Waals surface area contributed by atoms with Crippen molar-refractivity contribution in [2.24, 2.45) is 0 Å². The van der Waals surface area contributed by atoms with Crippen LogP contribution in [-0.4, -0.2) is 17.2 Å². The molecule has 1 aromatic heterocycles. The van der Waals surface area contributed by atoms with Crippen molar-refractivity contribution in [3.8, 4) is 5.75 Å². The number of hydrogen-bond donors (Lipinski definition) is 1. The van der Waals surface area contributed by atoms with Gasteiger partial charge in [-0.05, 0) is 25.1 Å². The molecule has 1 amide bonds. The molecule has 0 bridgehead atoms. The molecule has 2 rings (SSSR count). The fraction of sp³-hybridized carbons (Fsp3) is 0.167. The minimum atomic E-state index is -0.740. The number of hydrogen-bond acceptors (Lipinski definition) is 4. The third kappa shape index (κ3) is 3.62. The standard InChI is InChI=1S/C12H10Cl2N2O3/c1-7(12(17)15-11-4-5-18-16-11)19-10-3-2-8(13)6-9(10)14/h2-7H,1H3,(H,15,16,17). The molecule has 19 heavy (non-hydrogen) atoms. The molecule has 0 aliphatic heterocycles. The molecule has 1 heterocycles. The Kier molecular flexibility index (Phi) is 4.29. The minimum absolute atomic E-state index is 0.322. The van der Waals surface area contributed by atoms with Gasteiger partial charge in [-0.3, -0.25) is 4.79 Å². The number of aromatic nitrogens is 1. The molecular weight excluding hydrogens is 291 g/mol. The normalized spacial score (nSPS) is 11.9. The van der Waals surface area contributed by atoms with Crippen molar-refractivity contribution in [1.29, 1.82) is 0 Å². The SMILES string of the molecule is CC(Oc1ccc(Cl)cc1Cl)C(=O)Nc1ccon1. The van der Waals surface area contributed by atoms with Gasteiger partial charge >= 0.3 is 0 Å². The summed E-state index contributed by atoms with van der Waals surface area (Å²) in [5, 5.41) is 6.94. The first-order valence-corrected chi connectivity index (χ1v) is 6.15. The van der Waals surface area contributed by atoms with Crippen LogP contribution in [0.3, 0.4) is 0 Å². The summed E-state index contributed by atoms with van der Waals surface area (Å²) in [6.07, 6.45) is 0.618. The van der Waals surface area contributed by atoms with Crippen LogP contribution in [0.15, 0.2) is 35.1 Å². The van der Waals surface area contributed by atoms with E-state index in [0.717, 1.165) is 0 Å². The van der Waals surface area contributed by atoms with Crippen LogP contribution >= 0.6 is 23.2 Å². The number of nitrogens with one attached hydrogen (secondary N) is 1. The molecule has 1 N–H and O–H groups in total. The fourth-order valence-electron chi connectivity index (χ4n) is 1.32. The smallest absolute Gasteiger partial charge is 0.266 e. The van der Waals surface area contributed by atoms with Crippen molar-refractivity contribution in [3.63, 3.8) is 0 Å². The summed E-state index contributed by atoms with van der Waals surface area (Å²) in [6, 6.07) is 6.30. The lowest BCUT2D eigenvalue weighted by molar-refractivity contribution is -0.122. The van der Waals surface area contributed by atoms with Crippen molar-refractivity contribution < 1.29 is 14.1 Å². The van der Waals surface area contributed by atoms with Gasteiger partial charge in [0, 0.05) is 11.1 Å². The molecule has 0 saturated heterocycles. The molecule has 7 heteroatoms. The lowest BCUT2D eigenvalue weighted by Crippen LogP contribution is -2.30. The lowest BCUT2D eigenvalue weighted by Gasteiger charge is -2.14. The van der Waals surface area contributed by atoms with Crippen LogP contribution in [0.5, 0.6) is 5.75 Å². The number of carbonyl (C=O) groups is 1. The maximum atomic E-state index is 11.8. The number of ether oxygens (including phenoxy) is 1. The Morgan fingerprint density at radius 2 is 2.21 bits per heavy atom. The van der Waals surface area contributed by atoms with Gasteiger partial charge in [-0.25, -0.2) is 0 Å². The largest absolute Gasteiger partial charge is 0.479 e. The monoisotopic (exact) mass is 300 g/mol. The number of amides is 1. The molecule has 0 spiro atoms. The molecule has 2 aromatic rings. The molecule has 1 aromatic carbocycles.